The molecule has 2 aromatic rings. The van der Waals surface area contributed by atoms with Gasteiger partial charge in [-0.05, 0) is 30.7 Å². The number of alkyl halides is 3. The number of hydrogen-bond acceptors (Lipinski definition) is 3. The van der Waals surface area contributed by atoms with Gasteiger partial charge in [0.15, 0.2) is 0 Å². The fourth-order valence-electron chi connectivity index (χ4n) is 1.84. The molecule has 1 unspecified atom stereocenters. The van der Waals surface area contributed by atoms with Gasteiger partial charge in [0, 0.05) is 11.1 Å². The van der Waals surface area contributed by atoms with Gasteiger partial charge in [0.25, 0.3) is 0 Å². The van der Waals surface area contributed by atoms with Crippen LogP contribution < -0.4 is 11.1 Å². The fraction of sp³-hybridized carbons (Fsp3) is 0.214. The number of benzene rings is 1. The highest BCUT2D eigenvalue weighted by Crippen LogP contribution is 2.32. The van der Waals surface area contributed by atoms with Crippen molar-refractivity contribution in [3.8, 4) is 0 Å². The lowest BCUT2D eigenvalue weighted by atomic mass is 10.1. The predicted octanol–water partition coefficient (Wildman–Crippen LogP) is 4.51. The molecule has 112 valence electrons. The van der Waals surface area contributed by atoms with Gasteiger partial charge in [-0.15, -0.1) is 0 Å². The van der Waals surface area contributed by atoms with E-state index in [2.05, 4.69) is 10.3 Å². The average Bonchev–Trinajstić information content (AvgIpc) is 2.40. The molecular weight excluding hydrogens is 303 g/mol. The van der Waals surface area contributed by atoms with E-state index in [4.69, 9.17) is 17.3 Å². The maximum absolute atomic E-state index is 12.7. The highest BCUT2D eigenvalue weighted by Gasteiger charge is 2.33. The van der Waals surface area contributed by atoms with Crippen molar-refractivity contribution in [2.24, 2.45) is 0 Å². The van der Waals surface area contributed by atoms with E-state index >= 15 is 0 Å². The van der Waals surface area contributed by atoms with Gasteiger partial charge >= 0.3 is 6.18 Å². The van der Waals surface area contributed by atoms with Crippen LogP contribution in [0.25, 0.3) is 0 Å². The summed E-state index contributed by atoms with van der Waals surface area (Å²) in [5.74, 6) is 0. The molecule has 1 atom stereocenters. The Morgan fingerprint density at radius 1 is 1.29 bits per heavy atom. The van der Waals surface area contributed by atoms with Crippen LogP contribution in [-0.4, -0.2) is 4.98 Å². The predicted molar refractivity (Wildman–Crippen MR) is 77.1 cm³/mol. The zero-order valence-corrected chi connectivity index (χ0v) is 11.8. The van der Waals surface area contributed by atoms with Gasteiger partial charge in [-0.1, -0.05) is 23.7 Å². The lowest BCUT2D eigenvalue weighted by molar-refractivity contribution is -0.141. The van der Waals surface area contributed by atoms with Crippen LogP contribution in [0.3, 0.4) is 0 Å². The smallest absolute Gasteiger partial charge is 0.396 e. The lowest BCUT2D eigenvalue weighted by Crippen LogP contribution is -2.12. The maximum Gasteiger partial charge on any atom is 0.433 e. The first kappa shape index (κ1) is 15.4. The number of nitrogens with zero attached hydrogens (tertiary/aromatic N) is 1. The number of nitrogen functional groups attached to an aromatic ring is 1. The van der Waals surface area contributed by atoms with Crippen LogP contribution in [0.2, 0.25) is 5.02 Å². The summed E-state index contributed by atoms with van der Waals surface area (Å²) in [6, 6.07) is 7.70. The summed E-state index contributed by atoms with van der Waals surface area (Å²) in [6.45, 7) is 1.80. The third kappa shape index (κ3) is 3.78. The Labute approximate surface area is 124 Å². The highest BCUT2D eigenvalue weighted by atomic mass is 35.5. The molecule has 3 nitrogen and oxygen atoms in total. The molecule has 3 N–H and O–H groups in total. The summed E-state index contributed by atoms with van der Waals surface area (Å²) in [5, 5.41) is 3.50. The Morgan fingerprint density at radius 3 is 2.62 bits per heavy atom. The third-order valence-electron chi connectivity index (χ3n) is 2.95. The first-order valence-electron chi connectivity index (χ1n) is 6.12. The number of nitrogens with one attached hydrogen (secondary N) is 1. The van der Waals surface area contributed by atoms with Crippen molar-refractivity contribution in [2.45, 2.75) is 19.1 Å². The van der Waals surface area contributed by atoms with Crippen molar-refractivity contribution >= 4 is 23.0 Å². The molecule has 2 rings (SSSR count). The molecule has 1 aromatic carbocycles. The highest BCUT2D eigenvalue weighted by molar-refractivity contribution is 6.30. The Hall–Kier alpha value is -1.95. The van der Waals surface area contributed by atoms with Crippen LogP contribution in [0.5, 0.6) is 0 Å². The van der Waals surface area contributed by atoms with Gasteiger partial charge in [0.1, 0.15) is 5.69 Å². The van der Waals surface area contributed by atoms with Crippen LogP contribution in [0.15, 0.2) is 36.5 Å². The van der Waals surface area contributed by atoms with E-state index in [1.165, 1.54) is 0 Å². The Bertz CT molecular complexity index is 644. The van der Waals surface area contributed by atoms with Gasteiger partial charge < -0.3 is 11.1 Å². The Kier molecular flexibility index (Phi) is 4.27. The van der Waals surface area contributed by atoms with E-state index < -0.39 is 11.9 Å². The zero-order valence-electron chi connectivity index (χ0n) is 11.1. The average molecular weight is 316 g/mol. The molecule has 0 amide bonds. The van der Waals surface area contributed by atoms with Crippen LogP contribution in [0.4, 0.5) is 24.5 Å². The van der Waals surface area contributed by atoms with Crippen molar-refractivity contribution in [3.63, 3.8) is 0 Å². The van der Waals surface area contributed by atoms with Crippen LogP contribution in [-0.2, 0) is 6.18 Å². The molecule has 0 aliphatic carbocycles. The molecule has 21 heavy (non-hydrogen) atoms. The second-order valence-electron chi connectivity index (χ2n) is 4.58. The molecule has 0 aliphatic heterocycles. The molecule has 7 heteroatoms. The second-order valence-corrected chi connectivity index (χ2v) is 5.01. The Balaban J connectivity index is 2.26. The Morgan fingerprint density at radius 2 is 2.00 bits per heavy atom. The topological polar surface area (TPSA) is 50.9 Å². The number of hydrogen-bond donors (Lipinski definition) is 2. The minimum Gasteiger partial charge on any atom is -0.396 e. The van der Waals surface area contributed by atoms with Crippen LogP contribution in [0, 0.1) is 0 Å². The first-order chi connectivity index (χ1) is 9.77. The minimum absolute atomic E-state index is 0.150. The van der Waals surface area contributed by atoms with Crippen molar-refractivity contribution in [3.05, 3.63) is 52.8 Å². The molecule has 0 saturated carbocycles. The standard InChI is InChI=1S/C14H13ClF3N3/c1-8(9-3-2-4-10(15)5-9)21-12-6-13(14(16,17)18)20-7-11(12)19/h2-8H,19H2,1H3,(H,20,21). The zero-order chi connectivity index (χ0) is 15.6. The van der Waals surface area contributed by atoms with E-state index in [0.29, 0.717) is 5.02 Å². The summed E-state index contributed by atoms with van der Waals surface area (Å²) < 4.78 is 38.0. The summed E-state index contributed by atoms with van der Waals surface area (Å²) in [6.07, 6.45) is -3.51. The van der Waals surface area contributed by atoms with Gasteiger partial charge in [-0.2, -0.15) is 13.2 Å². The summed E-state index contributed by atoms with van der Waals surface area (Å²) in [5.41, 5.74) is 5.86. The minimum atomic E-state index is -4.51. The molecule has 0 bridgehead atoms. The third-order valence-corrected chi connectivity index (χ3v) is 3.18. The molecule has 0 fully saturated rings. The van der Waals surface area contributed by atoms with Crippen molar-refractivity contribution in [2.75, 3.05) is 11.1 Å². The van der Waals surface area contributed by atoms with E-state index in [9.17, 15) is 13.2 Å². The number of anilines is 2. The van der Waals surface area contributed by atoms with Crippen LogP contribution >= 0.6 is 11.6 Å². The lowest BCUT2D eigenvalue weighted by Gasteiger charge is -2.18. The molecule has 0 spiro atoms. The molecule has 0 aliphatic rings. The number of rotatable bonds is 3. The summed E-state index contributed by atoms with van der Waals surface area (Å²) >= 11 is 5.90. The molecular formula is C14H13ClF3N3. The molecule has 1 aromatic heterocycles. The largest absolute Gasteiger partial charge is 0.433 e. The number of pyridine rings is 1. The van der Waals surface area contributed by atoms with Crippen molar-refractivity contribution < 1.29 is 13.2 Å². The van der Waals surface area contributed by atoms with Crippen molar-refractivity contribution in [1.29, 1.82) is 0 Å². The maximum atomic E-state index is 12.7. The normalized spacial score (nSPS) is 13.0. The van der Waals surface area contributed by atoms with Crippen molar-refractivity contribution in [1.82, 2.24) is 4.98 Å². The molecule has 0 saturated heterocycles. The fourth-order valence-corrected chi connectivity index (χ4v) is 2.04. The summed E-state index contributed by atoms with van der Waals surface area (Å²) in [4.78, 5) is 3.29. The van der Waals surface area contributed by atoms with E-state index in [1.54, 1.807) is 25.1 Å². The quantitative estimate of drug-likeness (QED) is 0.876. The number of nitrogens with two attached hydrogens (primary N) is 1. The molecule has 0 radical (unpaired) electrons. The van der Waals surface area contributed by atoms with E-state index in [1.807, 2.05) is 6.07 Å². The van der Waals surface area contributed by atoms with Crippen LogP contribution in [0.1, 0.15) is 24.2 Å². The number of halogens is 4. The van der Waals surface area contributed by atoms with Gasteiger partial charge in [0.05, 0.1) is 17.6 Å². The first-order valence-corrected chi connectivity index (χ1v) is 6.50. The molecule has 1 heterocycles. The number of aromatic nitrogens is 1. The second kappa shape index (κ2) is 5.81. The van der Waals surface area contributed by atoms with Gasteiger partial charge in [-0.3, -0.25) is 0 Å². The summed E-state index contributed by atoms with van der Waals surface area (Å²) in [7, 11) is 0. The van der Waals surface area contributed by atoms with E-state index in [0.717, 1.165) is 17.8 Å². The van der Waals surface area contributed by atoms with Gasteiger partial charge in [0.2, 0.25) is 0 Å². The van der Waals surface area contributed by atoms with E-state index in [-0.39, 0.29) is 17.4 Å². The monoisotopic (exact) mass is 315 g/mol. The van der Waals surface area contributed by atoms with Gasteiger partial charge in [-0.25, -0.2) is 4.98 Å². The SMILES string of the molecule is CC(Nc1cc(C(F)(F)F)ncc1N)c1cccc(Cl)c1.